The van der Waals surface area contributed by atoms with Crippen LogP contribution in [0.2, 0.25) is 5.02 Å². The Balaban J connectivity index is 1.89. The van der Waals surface area contributed by atoms with E-state index in [2.05, 4.69) is 15.1 Å². The Bertz CT molecular complexity index is 1010. The number of anilines is 1. The summed E-state index contributed by atoms with van der Waals surface area (Å²) in [4.78, 5) is 12.8. The summed E-state index contributed by atoms with van der Waals surface area (Å²) in [5.41, 5.74) is 1.54. The number of aromatic hydroxyl groups is 1. The zero-order chi connectivity index (χ0) is 20.6. The van der Waals surface area contributed by atoms with E-state index < -0.39 is 28.2 Å². The molecule has 9 nitrogen and oxygen atoms in total. The topological polar surface area (TPSA) is 117 Å². The maximum Gasteiger partial charge on any atom is 0.280 e. The van der Waals surface area contributed by atoms with Crippen molar-refractivity contribution in [2.24, 2.45) is 0 Å². The third-order valence-electron chi connectivity index (χ3n) is 4.77. The molecule has 0 radical (unpaired) electrons. The molecule has 11 heteroatoms. The van der Waals surface area contributed by atoms with Crippen LogP contribution in [0.4, 0.5) is 5.69 Å². The van der Waals surface area contributed by atoms with Crippen LogP contribution in [0.15, 0.2) is 24.4 Å². The number of benzene rings is 1. The van der Waals surface area contributed by atoms with Crippen molar-refractivity contribution in [1.29, 1.82) is 0 Å². The van der Waals surface area contributed by atoms with Crippen LogP contribution in [0, 0.1) is 6.92 Å². The number of hydrogen-bond acceptors (Lipinski definition) is 5. The first-order valence-electron chi connectivity index (χ1n) is 8.71. The second-order valence-electron chi connectivity index (χ2n) is 6.62. The molecule has 1 saturated heterocycles. The summed E-state index contributed by atoms with van der Waals surface area (Å²) in [6.45, 7) is 4.38. The average molecular weight is 428 g/mol. The standard InChI is InChI=1S/C17H22ClN5O4S/c1-4-23-9-12(10(2)20-23)13-8-15(22(3)28(26,27)21-13)17(25)19-14-7-11(18)5-6-16(14)24/h5-7,9,13,15,21,24H,4,8H2,1-3H3,(H,19,25)/t13-,15+/m1/s1. The number of phenols is 1. The lowest BCUT2D eigenvalue weighted by Crippen LogP contribution is -2.56. The lowest BCUT2D eigenvalue weighted by atomic mass is 10.00. The fourth-order valence-electron chi connectivity index (χ4n) is 3.17. The highest BCUT2D eigenvalue weighted by atomic mass is 35.5. The van der Waals surface area contributed by atoms with Crippen molar-refractivity contribution in [3.63, 3.8) is 0 Å². The number of aryl methyl sites for hydroxylation is 2. The fourth-order valence-corrected chi connectivity index (χ4v) is 4.61. The number of carbonyl (C=O) groups is 1. The lowest BCUT2D eigenvalue weighted by Gasteiger charge is -2.36. The van der Waals surface area contributed by atoms with E-state index >= 15 is 0 Å². The highest BCUT2D eigenvalue weighted by Crippen LogP contribution is 2.31. The molecular formula is C17H22ClN5O4S. The van der Waals surface area contributed by atoms with Crippen molar-refractivity contribution in [3.8, 4) is 5.75 Å². The summed E-state index contributed by atoms with van der Waals surface area (Å²) in [7, 11) is -2.54. The normalized spacial score (nSPS) is 22.1. The van der Waals surface area contributed by atoms with Crippen LogP contribution >= 0.6 is 11.6 Å². The number of nitrogens with one attached hydrogen (secondary N) is 2. The van der Waals surface area contributed by atoms with Crippen LogP contribution in [-0.2, 0) is 21.5 Å². The van der Waals surface area contributed by atoms with Crippen molar-refractivity contribution in [2.45, 2.75) is 38.9 Å². The second kappa shape index (κ2) is 7.70. The number of likely N-dealkylation sites (N-methyl/N-ethyl adjacent to an activating group) is 1. The highest BCUT2D eigenvalue weighted by molar-refractivity contribution is 7.87. The van der Waals surface area contributed by atoms with Crippen molar-refractivity contribution in [1.82, 2.24) is 18.8 Å². The van der Waals surface area contributed by atoms with Gasteiger partial charge in [0.25, 0.3) is 10.2 Å². The van der Waals surface area contributed by atoms with Gasteiger partial charge in [-0.25, -0.2) is 0 Å². The largest absolute Gasteiger partial charge is 0.506 e. The molecule has 1 amide bonds. The van der Waals surface area contributed by atoms with Gasteiger partial charge in [-0.2, -0.15) is 22.5 Å². The fraction of sp³-hybridized carbons (Fsp3) is 0.412. The van der Waals surface area contributed by atoms with Gasteiger partial charge in [0.1, 0.15) is 11.8 Å². The number of amides is 1. The lowest BCUT2D eigenvalue weighted by molar-refractivity contribution is -0.120. The molecule has 1 aromatic heterocycles. The molecule has 1 aromatic carbocycles. The van der Waals surface area contributed by atoms with Gasteiger partial charge >= 0.3 is 0 Å². The van der Waals surface area contributed by atoms with Crippen LogP contribution in [0.25, 0.3) is 0 Å². The van der Waals surface area contributed by atoms with Crippen molar-refractivity contribution in [3.05, 3.63) is 40.7 Å². The molecule has 152 valence electrons. The number of rotatable bonds is 4. The van der Waals surface area contributed by atoms with E-state index in [9.17, 15) is 18.3 Å². The molecule has 1 aliphatic heterocycles. The van der Waals surface area contributed by atoms with E-state index in [-0.39, 0.29) is 17.9 Å². The molecule has 2 aromatic rings. The zero-order valence-electron chi connectivity index (χ0n) is 15.7. The molecule has 0 spiro atoms. The Morgan fingerprint density at radius 1 is 1.46 bits per heavy atom. The summed E-state index contributed by atoms with van der Waals surface area (Å²) < 4.78 is 30.5. The SMILES string of the molecule is CCn1cc([C@H]2C[C@@H](C(=O)Nc3cc(Cl)ccc3O)N(C)S(=O)(=O)N2)c(C)n1. The van der Waals surface area contributed by atoms with Crippen LogP contribution in [0.3, 0.4) is 0 Å². The predicted octanol–water partition coefficient (Wildman–Crippen LogP) is 1.79. The third-order valence-corrected chi connectivity index (χ3v) is 6.60. The molecule has 3 N–H and O–H groups in total. The Kier molecular flexibility index (Phi) is 5.67. The van der Waals surface area contributed by atoms with Gasteiger partial charge in [0, 0.05) is 30.4 Å². The van der Waals surface area contributed by atoms with Gasteiger partial charge in [-0.1, -0.05) is 11.6 Å². The number of nitrogens with zero attached hydrogens (tertiary/aromatic N) is 3. The quantitative estimate of drug-likeness (QED) is 0.643. The minimum absolute atomic E-state index is 0.119. The molecule has 2 heterocycles. The smallest absolute Gasteiger partial charge is 0.280 e. The molecule has 0 bridgehead atoms. The summed E-state index contributed by atoms with van der Waals surface area (Å²) in [6.07, 6.45) is 1.99. The Morgan fingerprint density at radius 2 is 2.18 bits per heavy atom. The van der Waals surface area contributed by atoms with Gasteiger partial charge in [0.05, 0.1) is 17.4 Å². The number of hydrogen-bond donors (Lipinski definition) is 3. The van der Waals surface area contributed by atoms with Crippen molar-refractivity contribution >= 4 is 33.4 Å². The van der Waals surface area contributed by atoms with E-state index in [1.165, 1.54) is 25.2 Å². The first-order valence-corrected chi connectivity index (χ1v) is 10.5. The number of carbonyl (C=O) groups excluding carboxylic acids is 1. The summed E-state index contributed by atoms with van der Waals surface area (Å²) in [5.74, 6) is -0.718. The first kappa shape index (κ1) is 20.6. The van der Waals surface area contributed by atoms with E-state index in [1.54, 1.807) is 17.8 Å². The van der Waals surface area contributed by atoms with E-state index in [1.807, 2.05) is 6.92 Å². The maximum atomic E-state index is 12.8. The Labute approximate surface area is 168 Å². The Morgan fingerprint density at radius 3 is 2.82 bits per heavy atom. The number of aromatic nitrogens is 2. The van der Waals surface area contributed by atoms with E-state index in [4.69, 9.17) is 11.6 Å². The summed E-state index contributed by atoms with van der Waals surface area (Å²) in [5, 5.41) is 17.2. The van der Waals surface area contributed by atoms with Gasteiger partial charge in [-0.3, -0.25) is 9.48 Å². The van der Waals surface area contributed by atoms with Gasteiger partial charge in [0.15, 0.2) is 0 Å². The maximum absolute atomic E-state index is 12.8. The molecule has 2 atom stereocenters. The monoisotopic (exact) mass is 427 g/mol. The van der Waals surface area contributed by atoms with Gasteiger partial charge in [-0.15, -0.1) is 0 Å². The summed E-state index contributed by atoms with van der Waals surface area (Å²) in [6, 6.07) is 2.67. The molecular weight excluding hydrogens is 406 g/mol. The van der Waals surface area contributed by atoms with E-state index in [0.29, 0.717) is 17.3 Å². The molecule has 0 unspecified atom stereocenters. The molecule has 1 fully saturated rings. The molecule has 3 rings (SSSR count). The van der Waals surface area contributed by atoms with Gasteiger partial charge in [-0.05, 0) is 38.5 Å². The minimum atomic E-state index is -3.88. The van der Waals surface area contributed by atoms with Gasteiger partial charge in [0.2, 0.25) is 5.91 Å². The van der Waals surface area contributed by atoms with Crippen LogP contribution in [0.5, 0.6) is 5.75 Å². The average Bonchev–Trinajstić information content (AvgIpc) is 3.01. The van der Waals surface area contributed by atoms with Crippen molar-refractivity contribution < 1.29 is 18.3 Å². The minimum Gasteiger partial charge on any atom is -0.506 e. The highest BCUT2D eigenvalue weighted by Gasteiger charge is 2.41. The zero-order valence-corrected chi connectivity index (χ0v) is 17.3. The molecule has 0 saturated carbocycles. The van der Waals surface area contributed by atoms with E-state index in [0.717, 1.165) is 9.87 Å². The number of phenolic OH excluding ortho intramolecular Hbond substituents is 1. The van der Waals surface area contributed by atoms with Crippen LogP contribution < -0.4 is 10.0 Å². The third kappa shape index (κ3) is 4.00. The second-order valence-corrected chi connectivity index (χ2v) is 8.82. The molecule has 1 aliphatic rings. The first-order chi connectivity index (χ1) is 13.1. The molecule has 28 heavy (non-hydrogen) atoms. The number of halogens is 1. The predicted molar refractivity (Wildman–Crippen MR) is 105 cm³/mol. The van der Waals surface area contributed by atoms with Gasteiger partial charge < -0.3 is 10.4 Å². The Hall–Kier alpha value is -2.14. The molecule has 0 aliphatic carbocycles. The van der Waals surface area contributed by atoms with Crippen LogP contribution in [-0.4, -0.2) is 46.6 Å². The van der Waals surface area contributed by atoms with Crippen LogP contribution in [0.1, 0.15) is 30.6 Å². The summed E-state index contributed by atoms with van der Waals surface area (Å²) >= 11 is 5.91. The van der Waals surface area contributed by atoms with Crippen molar-refractivity contribution in [2.75, 3.05) is 12.4 Å².